The first kappa shape index (κ1) is 21.0. The van der Waals surface area contributed by atoms with Gasteiger partial charge in [-0.1, -0.05) is 6.92 Å². The third kappa shape index (κ3) is 4.17. The van der Waals surface area contributed by atoms with Crippen molar-refractivity contribution in [3.8, 4) is 0 Å². The van der Waals surface area contributed by atoms with Gasteiger partial charge in [0.05, 0.1) is 23.4 Å². The highest BCUT2D eigenvalue weighted by Crippen LogP contribution is 2.31. The summed E-state index contributed by atoms with van der Waals surface area (Å²) in [5.41, 5.74) is 3.79. The van der Waals surface area contributed by atoms with E-state index in [1.807, 2.05) is 14.0 Å². The maximum Gasteiger partial charge on any atom is 0.341 e. The van der Waals surface area contributed by atoms with E-state index in [1.165, 1.54) is 0 Å². The molecule has 164 valence electrons. The molecule has 1 aliphatic heterocycles. The van der Waals surface area contributed by atoms with E-state index in [-0.39, 0.29) is 12.0 Å². The van der Waals surface area contributed by atoms with E-state index in [0.29, 0.717) is 12.2 Å². The number of aromatic nitrogens is 5. The summed E-state index contributed by atoms with van der Waals surface area (Å²) < 4.78 is 7.04. The number of carbonyl (C=O) groups excluding carboxylic acids is 1. The van der Waals surface area contributed by atoms with Crippen molar-refractivity contribution in [2.45, 2.75) is 46.1 Å². The first-order chi connectivity index (χ1) is 15.0. The minimum absolute atomic E-state index is 0.146. The Balaban J connectivity index is 1.66. The molecule has 0 aromatic carbocycles. The van der Waals surface area contributed by atoms with Gasteiger partial charge in [-0.2, -0.15) is 5.10 Å². The Morgan fingerprint density at radius 1 is 1.29 bits per heavy atom. The van der Waals surface area contributed by atoms with Crippen LogP contribution in [0.15, 0.2) is 18.6 Å². The third-order valence-electron chi connectivity index (χ3n) is 5.69. The van der Waals surface area contributed by atoms with Crippen molar-refractivity contribution in [1.82, 2.24) is 24.7 Å². The number of carbonyl (C=O) groups is 1. The number of aryl methyl sites for hydroxylation is 3. The molecular formula is C22H29N7O2. The largest absolute Gasteiger partial charge is 0.462 e. The van der Waals surface area contributed by atoms with Crippen LogP contribution in [0.4, 0.5) is 11.5 Å². The molecule has 4 heterocycles. The van der Waals surface area contributed by atoms with E-state index in [4.69, 9.17) is 4.74 Å². The Morgan fingerprint density at radius 2 is 2.13 bits per heavy atom. The van der Waals surface area contributed by atoms with Gasteiger partial charge in [-0.15, -0.1) is 0 Å². The quantitative estimate of drug-likeness (QED) is 0.605. The van der Waals surface area contributed by atoms with Crippen LogP contribution in [-0.4, -0.2) is 56.4 Å². The van der Waals surface area contributed by atoms with Crippen LogP contribution in [-0.2, 0) is 18.2 Å². The summed E-state index contributed by atoms with van der Waals surface area (Å²) in [6, 6.07) is 2.20. The molecule has 1 N–H and O–H groups in total. The lowest BCUT2D eigenvalue weighted by Gasteiger charge is -2.35. The fourth-order valence-corrected chi connectivity index (χ4v) is 4.18. The zero-order chi connectivity index (χ0) is 22.0. The lowest BCUT2D eigenvalue weighted by atomic mass is 10.0. The monoisotopic (exact) mass is 423 g/mol. The smallest absolute Gasteiger partial charge is 0.341 e. The number of pyridine rings is 1. The van der Waals surface area contributed by atoms with E-state index in [1.54, 1.807) is 24.1 Å². The fourth-order valence-electron chi connectivity index (χ4n) is 4.18. The minimum atomic E-state index is -0.376. The van der Waals surface area contributed by atoms with E-state index in [0.717, 1.165) is 66.3 Å². The predicted molar refractivity (Wildman–Crippen MR) is 119 cm³/mol. The molecule has 9 nitrogen and oxygen atoms in total. The summed E-state index contributed by atoms with van der Waals surface area (Å²) in [5.74, 6) is 0.570. The standard InChI is InChI=1S/C22H29N7O2/c1-5-15-10-18(25-13-24-15)29-9-7-8-16(12-29)26-20-17(22(30)31-6-2)11-23-21-19(20)14(3)27-28(21)4/h10-11,13,16H,5-9,12H2,1-4H3,(H,23,26). The molecule has 0 amide bonds. The van der Waals surface area contributed by atoms with Crippen molar-refractivity contribution >= 4 is 28.5 Å². The first-order valence-corrected chi connectivity index (χ1v) is 10.8. The number of piperidine rings is 1. The highest BCUT2D eigenvalue weighted by molar-refractivity contribution is 6.05. The third-order valence-corrected chi connectivity index (χ3v) is 5.69. The van der Waals surface area contributed by atoms with Gasteiger partial charge in [0, 0.05) is 44.1 Å². The topological polar surface area (TPSA) is 98.1 Å². The zero-order valence-corrected chi connectivity index (χ0v) is 18.6. The van der Waals surface area contributed by atoms with Gasteiger partial charge in [0.25, 0.3) is 0 Å². The first-order valence-electron chi connectivity index (χ1n) is 10.8. The second-order valence-electron chi connectivity index (χ2n) is 7.83. The van der Waals surface area contributed by atoms with E-state index >= 15 is 0 Å². The van der Waals surface area contributed by atoms with Crippen molar-refractivity contribution in [3.63, 3.8) is 0 Å². The number of nitrogens with zero attached hydrogens (tertiary/aromatic N) is 6. The summed E-state index contributed by atoms with van der Waals surface area (Å²) in [6.07, 6.45) is 6.12. The van der Waals surface area contributed by atoms with E-state index in [9.17, 15) is 4.79 Å². The van der Waals surface area contributed by atoms with Crippen molar-refractivity contribution in [3.05, 3.63) is 35.5 Å². The van der Waals surface area contributed by atoms with Gasteiger partial charge in [-0.05, 0) is 33.1 Å². The van der Waals surface area contributed by atoms with Gasteiger partial charge in [0.2, 0.25) is 0 Å². The van der Waals surface area contributed by atoms with E-state index in [2.05, 4.69) is 43.3 Å². The average Bonchev–Trinajstić information content (AvgIpc) is 3.08. The van der Waals surface area contributed by atoms with Gasteiger partial charge in [-0.25, -0.2) is 19.7 Å². The van der Waals surface area contributed by atoms with Crippen molar-refractivity contribution < 1.29 is 9.53 Å². The molecule has 1 saturated heterocycles. The van der Waals surface area contributed by atoms with Gasteiger partial charge in [-0.3, -0.25) is 4.68 Å². The summed E-state index contributed by atoms with van der Waals surface area (Å²) in [5, 5.41) is 9.00. The number of anilines is 2. The van der Waals surface area contributed by atoms with Crippen LogP contribution in [0.25, 0.3) is 11.0 Å². The number of hydrogen-bond donors (Lipinski definition) is 1. The molecule has 0 saturated carbocycles. The molecule has 1 fully saturated rings. The summed E-state index contributed by atoms with van der Waals surface area (Å²) in [6.45, 7) is 7.87. The zero-order valence-electron chi connectivity index (χ0n) is 18.6. The molecule has 4 rings (SSSR count). The Bertz CT molecular complexity index is 1090. The average molecular weight is 424 g/mol. The van der Waals surface area contributed by atoms with Gasteiger partial charge in [0.15, 0.2) is 5.65 Å². The molecule has 0 aliphatic carbocycles. The van der Waals surface area contributed by atoms with Crippen LogP contribution in [0.5, 0.6) is 0 Å². The van der Waals surface area contributed by atoms with Crippen LogP contribution >= 0.6 is 0 Å². The molecule has 9 heteroatoms. The molecule has 1 aliphatic rings. The Kier molecular flexibility index (Phi) is 6.01. The number of esters is 1. The second-order valence-corrected chi connectivity index (χ2v) is 7.83. The summed E-state index contributed by atoms with van der Waals surface area (Å²) in [7, 11) is 1.86. The molecule has 31 heavy (non-hydrogen) atoms. The Hall–Kier alpha value is -3.23. The number of rotatable bonds is 6. The molecule has 1 unspecified atom stereocenters. The van der Waals surface area contributed by atoms with Gasteiger partial charge in [0.1, 0.15) is 17.7 Å². The highest BCUT2D eigenvalue weighted by Gasteiger charge is 2.26. The fraction of sp³-hybridized carbons (Fsp3) is 0.500. The second kappa shape index (κ2) is 8.87. The number of nitrogens with one attached hydrogen (secondary N) is 1. The lowest BCUT2D eigenvalue weighted by molar-refractivity contribution is 0.0527. The van der Waals surface area contributed by atoms with E-state index < -0.39 is 0 Å². The van der Waals surface area contributed by atoms with Gasteiger partial charge < -0.3 is 15.0 Å². The SMILES string of the molecule is CCOC(=O)c1cnc2c(c(C)nn2C)c1NC1CCCN(c2cc(CC)ncn2)C1. The molecule has 1 atom stereocenters. The maximum atomic E-state index is 12.7. The van der Waals surface area contributed by atoms with Gasteiger partial charge >= 0.3 is 5.97 Å². The maximum absolute atomic E-state index is 12.7. The van der Waals surface area contributed by atoms with Crippen LogP contribution in [0.2, 0.25) is 0 Å². The molecular weight excluding hydrogens is 394 g/mol. The van der Waals surface area contributed by atoms with Crippen molar-refractivity contribution in [2.75, 3.05) is 29.9 Å². The molecule has 0 bridgehead atoms. The van der Waals surface area contributed by atoms with Crippen LogP contribution in [0.1, 0.15) is 48.4 Å². The predicted octanol–water partition coefficient (Wildman–Crippen LogP) is 2.89. The number of hydrogen-bond acceptors (Lipinski definition) is 8. The highest BCUT2D eigenvalue weighted by atomic mass is 16.5. The number of fused-ring (bicyclic) bond motifs is 1. The van der Waals surface area contributed by atoms with Crippen LogP contribution < -0.4 is 10.2 Å². The van der Waals surface area contributed by atoms with Crippen LogP contribution in [0, 0.1) is 6.92 Å². The van der Waals surface area contributed by atoms with Crippen molar-refractivity contribution in [1.29, 1.82) is 0 Å². The van der Waals surface area contributed by atoms with Crippen molar-refractivity contribution in [2.24, 2.45) is 7.05 Å². The normalized spacial score (nSPS) is 16.5. The minimum Gasteiger partial charge on any atom is -0.462 e. The summed E-state index contributed by atoms with van der Waals surface area (Å²) >= 11 is 0. The molecule has 3 aromatic heterocycles. The molecule has 0 radical (unpaired) electrons. The summed E-state index contributed by atoms with van der Waals surface area (Å²) in [4.78, 5) is 28.2. The molecule has 0 spiro atoms. The Labute approximate surface area is 181 Å². The lowest BCUT2D eigenvalue weighted by Crippen LogP contribution is -2.42. The molecule has 3 aromatic rings. The number of ether oxygens (including phenoxy) is 1. The Morgan fingerprint density at radius 3 is 2.90 bits per heavy atom. The van der Waals surface area contributed by atoms with Crippen LogP contribution in [0.3, 0.4) is 0 Å².